The average Bonchev–Trinajstić information content (AvgIpc) is 3.31. The van der Waals surface area contributed by atoms with Crippen molar-refractivity contribution in [2.75, 3.05) is 40.9 Å². The molecule has 0 aromatic rings. The third-order valence-electron chi connectivity index (χ3n) is 14.2. The molecule has 9 heteroatoms. The molecule has 69 heavy (non-hydrogen) atoms. The monoisotopic (exact) mass is 997 g/mol. The number of carbonyl (C=O) groups is 1. The molecule has 0 bridgehead atoms. The van der Waals surface area contributed by atoms with Gasteiger partial charge >= 0.3 is 0 Å². The van der Waals surface area contributed by atoms with E-state index in [2.05, 4.69) is 19.2 Å². The van der Waals surface area contributed by atoms with Crippen LogP contribution in [0.3, 0.4) is 0 Å². The molecule has 0 radical (unpaired) electrons. The van der Waals surface area contributed by atoms with Gasteiger partial charge in [-0.05, 0) is 19.3 Å². The molecule has 0 rings (SSSR count). The smallest absolute Gasteiger partial charge is 0.268 e. The van der Waals surface area contributed by atoms with E-state index in [4.69, 9.17) is 9.05 Å². The van der Waals surface area contributed by atoms with Crippen LogP contribution in [0.25, 0.3) is 0 Å². The van der Waals surface area contributed by atoms with Crippen LogP contribution in [0.4, 0.5) is 0 Å². The number of carbonyl (C=O) groups excluding carboxylic acids is 1. The number of quaternary nitrogens is 1. The van der Waals surface area contributed by atoms with E-state index in [1.165, 1.54) is 257 Å². The number of hydrogen-bond donors (Lipinski definition) is 2. The molecule has 8 nitrogen and oxygen atoms in total. The van der Waals surface area contributed by atoms with Crippen molar-refractivity contribution in [2.24, 2.45) is 0 Å². The number of aliphatic hydroxyl groups excluding tert-OH is 1. The van der Waals surface area contributed by atoms with Gasteiger partial charge in [-0.25, -0.2) is 0 Å². The molecule has 2 N–H and O–H groups in total. The fourth-order valence-electron chi connectivity index (χ4n) is 9.45. The summed E-state index contributed by atoms with van der Waals surface area (Å²) in [4.78, 5) is 25.5. The zero-order chi connectivity index (χ0) is 50.6. The Morgan fingerprint density at radius 2 is 0.783 bits per heavy atom. The Labute approximate surface area is 431 Å². The van der Waals surface area contributed by atoms with Crippen molar-refractivity contribution in [1.82, 2.24) is 5.32 Å². The maximum absolute atomic E-state index is 12.9. The van der Waals surface area contributed by atoms with Crippen LogP contribution in [-0.2, 0) is 18.4 Å². The van der Waals surface area contributed by atoms with Gasteiger partial charge in [-0.15, -0.1) is 0 Å². The fraction of sp³-hybridized carbons (Fsp3) is 0.950. The van der Waals surface area contributed by atoms with Crippen molar-refractivity contribution in [2.45, 2.75) is 328 Å². The van der Waals surface area contributed by atoms with Crippen LogP contribution in [0, 0.1) is 0 Å². The maximum Gasteiger partial charge on any atom is 0.268 e. The normalized spacial score (nSPS) is 13.9. The van der Waals surface area contributed by atoms with Gasteiger partial charge in [0.05, 0.1) is 39.9 Å². The Morgan fingerprint density at radius 1 is 0.493 bits per heavy atom. The highest BCUT2D eigenvalue weighted by Gasteiger charge is 2.23. The van der Waals surface area contributed by atoms with E-state index in [1.807, 2.05) is 27.2 Å². The van der Waals surface area contributed by atoms with E-state index < -0.39 is 20.0 Å². The Hall–Kier alpha value is -0.760. The number of phosphoric acid groups is 1. The first-order chi connectivity index (χ1) is 33.5. The van der Waals surface area contributed by atoms with E-state index in [9.17, 15) is 19.4 Å². The van der Waals surface area contributed by atoms with Gasteiger partial charge in [-0.1, -0.05) is 302 Å². The molecule has 0 aromatic heterocycles. The highest BCUT2D eigenvalue weighted by atomic mass is 31.2. The predicted octanol–water partition coefficient (Wildman–Crippen LogP) is 18.0. The molecule has 412 valence electrons. The first-order valence-electron chi connectivity index (χ1n) is 30.6. The van der Waals surface area contributed by atoms with Crippen LogP contribution < -0.4 is 10.2 Å². The molecular formula is C60H121N2O6P. The van der Waals surface area contributed by atoms with Gasteiger partial charge in [0, 0.05) is 6.42 Å². The molecule has 0 spiro atoms. The third kappa shape index (κ3) is 54.8. The lowest BCUT2D eigenvalue weighted by Crippen LogP contribution is -2.45. The molecule has 1 amide bonds. The lowest BCUT2D eigenvalue weighted by Gasteiger charge is -2.29. The maximum atomic E-state index is 12.9. The van der Waals surface area contributed by atoms with Gasteiger partial charge in [0.2, 0.25) is 5.91 Å². The molecule has 0 saturated heterocycles. The number of unbranched alkanes of at least 4 members (excludes halogenated alkanes) is 44. The van der Waals surface area contributed by atoms with E-state index in [0.717, 1.165) is 38.5 Å². The summed E-state index contributed by atoms with van der Waals surface area (Å²) >= 11 is 0. The van der Waals surface area contributed by atoms with Crippen molar-refractivity contribution in [1.29, 1.82) is 0 Å². The molecular weight excluding hydrogens is 876 g/mol. The van der Waals surface area contributed by atoms with E-state index >= 15 is 0 Å². The number of likely N-dealkylation sites (N-methyl/N-ethyl adjacent to an activating group) is 1. The highest BCUT2D eigenvalue weighted by Crippen LogP contribution is 2.38. The number of amides is 1. The molecule has 3 unspecified atom stereocenters. The number of phosphoric ester groups is 1. The van der Waals surface area contributed by atoms with Crippen molar-refractivity contribution >= 4 is 13.7 Å². The molecule has 3 atom stereocenters. The number of aliphatic hydroxyl groups is 1. The largest absolute Gasteiger partial charge is 0.756 e. The van der Waals surface area contributed by atoms with Crippen molar-refractivity contribution in [3.05, 3.63) is 12.2 Å². The first-order valence-corrected chi connectivity index (χ1v) is 32.0. The van der Waals surface area contributed by atoms with E-state index in [1.54, 1.807) is 6.08 Å². The van der Waals surface area contributed by atoms with Crippen molar-refractivity contribution in [3.63, 3.8) is 0 Å². The average molecular weight is 998 g/mol. The quantitative estimate of drug-likeness (QED) is 0.0272. The molecule has 0 aromatic carbocycles. The van der Waals surface area contributed by atoms with Gasteiger partial charge in [0.25, 0.3) is 7.82 Å². The Bertz CT molecular complexity index is 1130. The second-order valence-corrected chi connectivity index (χ2v) is 23.8. The van der Waals surface area contributed by atoms with Crippen molar-refractivity contribution < 1.29 is 32.9 Å². The second-order valence-electron chi connectivity index (χ2n) is 22.4. The van der Waals surface area contributed by atoms with Crippen LogP contribution >= 0.6 is 7.82 Å². The molecule has 0 aliphatic rings. The number of nitrogens with one attached hydrogen (secondary N) is 1. The standard InChI is InChI=1S/C60H121N2O6P/c1-6-8-10-12-14-16-18-20-22-23-24-25-26-27-28-29-30-31-32-33-34-35-36-37-38-40-41-43-45-47-49-51-53-59(63)58(57-68-69(65,66)67-56-55-62(3,4)5)61-60(64)54-52-50-48-46-44-42-39-21-19-17-15-13-11-9-7-2/h51,53,58-59,63H,6-50,52,54-57H2,1-5H3,(H-,61,64,65,66)/b53-51+. The minimum Gasteiger partial charge on any atom is -0.756 e. The highest BCUT2D eigenvalue weighted by molar-refractivity contribution is 7.45. The number of allylic oxidation sites excluding steroid dienone is 1. The van der Waals surface area contributed by atoms with Crippen LogP contribution in [0.15, 0.2) is 12.2 Å². The van der Waals surface area contributed by atoms with Crippen LogP contribution in [-0.4, -0.2) is 68.5 Å². The van der Waals surface area contributed by atoms with E-state index in [-0.39, 0.29) is 19.1 Å². The molecule has 0 fully saturated rings. The van der Waals surface area contributed by atoms with E-state index in [0.29, 0.717) is 17.4 Å². The Balaban J connectivity index is 4.03. The number of hydrogen-bond acceptors (Lipinski definition) is 6. The van der Waals surface area contributed by atoms with Crippen molar-refractivity contribution in [3.8, 4) is 0 Å². The van der Waals surface area contributed by atoms with Crippen LogP contribution in [0.5, 0.6) is 0 Å². The fourth-order valence-corrected chi connectivity index (χ4v) is 10.2. The Kier molecular flexibility index (Phi) is 51.5. The van der Waals surface area contributed by atoms with Gasteiger partial charge in [0.1, 0.15) is 13.2 Å². The summed E-state index contributed by atoms with van der Waals surface area (Å²) in [5.41, 5.74) is 0. The summed E-state index contributed by atoms with van der Waals surface area (Å²) in [6, 6.07) is -0.882. The Morgan fingerprint density at radius 3 is 1.09 bits per heavy atom. The zero-order valence-corrected chi connectivity index (χ0v) is 47.9. The van der Waals surface area contributed by atoms with Gasteiger partial charge in [0.15, 0.2) is 0 Å². The van der Waals surface area contributed by atoms with Gasteiger partial charge < -0.3 is 28.8 Å². The SMILES string of the molecule is CCCCCCCCCCCCCCCCCCCCCCCCCCCCCCCC/C=C/C(O)C(COP(=O)([O-])OCC[N+](C)(C)C)NC(=O)CCCCCCCCCCCCCCCCC. The summed E-state index contributed by atoms with van der Waals surface area (Å²) in [7, 11) is 1.28. The van der Waals surface area contributed by atoms with Crippen LogP contribution in [0.1, 0.15) is 316 Å². The summed E-state index contributed by atoms with van der Waals surface area (Å²) < 4.78 is 23.4. The van der Waals surface area contributed by atoms with Crippen LogP contribution in [0.2, 0.25) is 0 Å². The molecule has 0 aliphatic heterocycles. The molecule has 0 saturated carbocycles. The minimum absolute atomic E-state index is 0.00263. The lowest BCUT2D eigenvalue weighted by atomic mass is 10.0. The topological polar surface area (TPSA) is 108 Å². The second kappa shape index (κ2) is 52.1. The summed E-state index contributed by atoms with van der Waals surface area (Å²) in [6.07, 6.45) is 64.5. The summed E-state index contributed by atoms with van der Waals surface area (Å²) in [5.74, 6) is -0.191. The molecule has 0 heterocycles. The predicted molar refractivity (Wildman–Crippen MR) is 298 cm³/mol. The number of nitrogens with zero attached hydrogens (tertiary/aromatic N) is 1. The summed E-state index contributed by atoms with van der Waals surface area (Å²) in [6.45, 7) is 4.70. The third-order valence-corrected chi connectivity index (χ3v) is 15.2. The van der Waals surface area contributed by atoms with Gasteiger partial charge in [-0.3, -0.25) is 9.36 Å². The van der Waals surface area contributed by atoms with Gasteiger partial charge in [-0.2, -0.15) is 0 Å². The molecule has 0 aliphatic carbocycles. The first kappa shape index (κ1) is 68.2. The zero-order valence-electron chi connectivity index (χ0n) is 47.0. The summed E-state index contributed by atoms with van der Waals surface area (Å²) in [5, 5.41) is 13.9. The minimum atomic E-state index is -4.59. The number of rotatable bonds is 57. The lowest BCUT2D eigenvalue weighted by molar-refractivity contribution is -0.870.